The number of rotatable bonds is 2. The average molecular weight is 169 g/mol. The number of halogens is 1. The van der Waals surface area contributed by atoms with Gasteiger partial charge in [0.15, 0.2) is 0 Å². The molecule has 1 heterocycles. The molecule has 0 saturated carbocycles. The van der Waals surface area contributed by atoms with Crippen LogP contribution in [0.3, 0.4) is 0 Å². The van der Waals surface area contributed by atoms with Gasteiger partial charge in [0.1, 0.15) is 6.04 Å². The molecule has 0 aliphatic carbocycles. The largest absolute Gasteiger partial charge is 0.480 e. The third-order valence-electron chi connectivity index (χ3n) is 1.39. The number of aliphatic hydroxyl groups is 1. The smallest absolute Gasteiger partial charge is 0.320 e. The maximum Gasteiger partial charge on any atom is 0.320 e. The summed E-state index contributed by atoms with van der Waals surface area (Å²) in [5, 5.41) is 15.4. The second-order valence-corrected chi connectivity index (χ2v) is 2.16. The number of aliphatic hydroxyl groups excluding tert-OH is 1. The summed E-state index contributed by atoms with van der Waals surface area (Å²) in [4.78, 5) is 10.3. The molecule has 1 saturated heterocycles. The van der Waals surface area contributed by atoms with Crippen LogP contribution in [0.25, 0.3) is 0 Å². The molecule has 10 heavy (non-hydrogen) atoms. The van der Waals surface area contributed by atoms with E-state index in [1.165, 1.54) is 0 Å². The number of carboxylic acids is 1. The lowest BCUT2D eigenvalue weighted by atomic mass is 10.2. The van der Waals surface area contributed by atoms with Gasteiger partial charge in [0.25, 0.3) is 0 Å². The van der Waals surface area contributed by atoms with E-state index >= 15 is 0 Å². The monoisotopic (exact) mass is 168 g/mol. The Morgan fingerprint density at radius 1 is 1.80 bits per heavy atom. The Hall–Kier alpha value is -0.320. The van der Waals surface area contributed by atoms with E-state index in [0.717, 1.165) is 0 Å². The predicted octanol–water partition coefficient (Wildman–Crippen LogP) is -0.784. The van der Waals surface area contributed by atoms with Crippen molar-refractivity contribution in [2.75, 3.05) is 6.54 Å². The second-order valence-electron chi connectivity index (χ2n) is 2.16. The SMILES string of the molecule is Cl.[2H]O[C@@H]1CN[C@H](C(=O)O)C1. The summed E-state index contributed by atoms with van der Waals surface area (Å²) in [6.07, 6.45) is 0.125. The van der Waals surface area contributed by atoms with Crippen molar-refractivity contribution < 1.29 is 15.0 Å². The van der Waals surface area contributed by atoms with Crippen molar-refractivity contribution in [1.82, 2.24) is 5.32 Å². The van der Waals surface area contributed by atoms with Gasteiger partial charge in [-0.25, -0.2) is 0 Å². The lowest BCUT2D eigenvalue weighted by Gasteiger charge is -1.99. The summed E-state index contributed by atoms with van der Waals surface area (Å²) in [5.74, 6) is -0.875. The van der Waals surface area contributed by atoms with Gasteiger partial charge in [-0.1, -0.05) is 0 Å². The number of hydrogen-bond acceptors (Lipinski definition) is 3. The first-order chi connectivity index (χ1) is 4.74. The molecule has 0 spiro atoms. The van der Waals surface area contributed by atoms with E-state index in [1.807, 2.05) is 0 Å². The van der Waals surface area contributed by atoms with Crippen molar-refractivity contribution >= 4 is 18.4 Å². The molecule has 0 aromatic carbocycles. The molecule has 0 amide bonds. The number of carboxylic acid groups (broad SMARTS) is 1. The summed E-state index contributed by atoms with van der Waals surface area (Å²) >= 11 is 0. The van der Waals surface area contributed by atoms with Crippen LogP contribution < -0.4 is 5.32 Å². The molecule has 4 nitrogen and oxygen atoms in total. The third kappa shape index (κ3) is 2.13. The van der Waals surface area contributed by atoms with Crippen LogP contribution in [0.15, 0.2) is 0 Å². The van der Waals surface area contributed by atoms with Gasteiger partial charge < -0.3 is 15.5 Å². The maximum atomic E-state index is 10.3. The third-order valence-corrected chi connectivity index (χ3v) is 1.39. The van der Waals surface area contributed by atoms with Gasteiger partial charge in [0, 0.05) is 13.0 Å². The number of carbonyl (C=O) groups is 1. The van der Waals surface area contributed by atoms with E-state index in [9.17, 15) is 4.79 Å². The molecule has 1 aliphatic rings. The van der Waals surface area contributed by atoms with Crippen LogP contribution in [0, 0.1) is 0 Å². The van der Waals surface area contributed by atoms with Crippen molar-refractivity contribution in [2.45, 2.75) is 18.6 Å². The standard InChI is InChI=1S/C5H9NO3.ClH/c7-3-1-4(5(8)9)6-2-3;/h3-4,6-7H,1-2H2,(H,8,9);1H/t3-,4-;/m0./s1/i7D;. The Balaban J connectivity index is 0.000001000. The molecule has 0 aromatic heterocycles. The zero-order valence-corrected chi connectivity index (χ0v) is 6.06. The van der Waals surface area contributed by atoms with Gasteiger partial charge in [-0.05, 0) is 0 Å². The fraction of sp³-hybridized carbons (Fsp3) is 0.800. The first kappa shape index (κ1) is 7.78. The first-order valence-electron chi connectivity index (χ1n) is 3.23. The van der Waals surface area contributed by atoms with Crippen molar-refractivity contribution in [3.05, 3.63) is 0 Å². The fourth-order valence-corrected chi connectivity index (χ4v) is 0.891. The normalized spacial score (nSPS) is 32.6. The molecule has 0 unspecified atom stereocenters. The van der Waals surface area contributed by atoms with Crippen LogP contribution in [-0.2, 0) is 4.79 Å². The Labute approximate surface area is 66.1 Å². The van der Waals surface area contributed by atoms with E-state index < -0.39 is 12.0 Å². The summed E-state index contributed by atoms with van der Waals surface area (Å²) in [6.45, 7) is 0.459. The van der Waals surface area contributed by atoms with Crippen molar-refractivity contribution in [1.29, 1.82) is 1.43 Å². The van der Waals surface area contributed by atoms with Crippen LogP contribution in [0.5, 0.6) is 0 Å². The Bertz CT molecular complexity index is 146. The molecule has 60 valence electrons. The lowest BCUT2D eigenvalue weighted by molar-refractivity contribution is -0.139. The van der Waals surface area contributed by atoms with Crippen LogP contribution in [0.2, 0.25) is 0 Å². The van der Waals surface area contributed by atoms with Crippen molar-refractivity contribution in [3.8, 4) is 0 Å². The highest BCUT2D eigenvalue weighted by molar-refractivity contribution is 5.85. The second kappa shape index (κ2) is 3.75. The molecule has 2 atom stereocenters. The van der Waals surface area contributed by atoms with Crippen molar-refractivity contribution in [3.63, 3.8) is 0 Å². The van der Waals surface area contributed by atoms with Gasteiger partial charge in [0.05, 0.1) is 6.10 Å². The zero-order chi connectivity index (χ0) is 7.56. The first-order valence-corrected chi connectivity index (χ1v) is 2.82. The van der Waals surface area contributed by atoms with Gasteiger partial charge >= 0.3 is 5.97 Å². The van der Waals surface area contributed by atoms with Gasteiger partial charge in [-0.2, -0.15) is 0 Å². The highest BCUT2D eigenvalue weighted by atomic mass is 35.5. The molecule has 5 heteroatoms. The molecule has 3 N–H and O–H groups in total. The lowest BCUT2D eigenvalue weighted by Crippen LogP contribution is -2.29. The Kier molecular flexibility index (Phi) is 2.92. The molecule has 0 bridgehead atoms. The van der Waals surface area contributed by atoms with Crippen molar-refractivity contribution in [2.24, 2.45) is 0 Å². The van der Waals surface area contributed by atoms with Crippen LogP contribution >= 0.6 is 12.4 Å². The quantitative estimate of drug-likeness (QED) is 0.506. The van der Waals surface area contributed by atoms with Gasteiger partial charge in [-0.15, -0.1) is 12.4 Å². The summed E-state index contributed by atoms with van der Waals surface area (Å²) < 4.78 is 6.50. The Morgan fingerprint density at radius 2 is 2.50 bits per heavy atom. The summed E-state index contributed by atoms with van der Waals surface area (Å²) in [6, 6.07) is -0.532. The number of nitrogens with one attached hydrogen (secondary N) is 1. The number of hydrogen-bond donors (Lipinski definition) is 3. The van der Waals surface area contributed by atoms with E-state index in [1.54, 1.807) is 0 Å². The summed E-state index contributed by atoms with van der Waals surface area (Å²) in [5.41, 5.74) is 0. The van der Waals surface area contributed by atoms with Gasteiger partial charge in [0.2, 0.25) is 1.43 Å². The maximum absolute atomic E-state index is 10.3. The number of β-amino-alcohol motifs (C(OH)–C–C–N with tert-alkyl or cyclic N) is 1. The zero-order valence-electron chi connectivity index (χ0n) is 6.24. The van der Waals surface area contributed by atoms with E-state index in [2.05, 4.69) is 10.4 Å². The van der Waals surface area contributed by atoms with E-state index in [-0.39, 0.29) is 18.5 Å². The Morgan fingerprint density at radius 3 is 2.80 bits per heavy atom. The molecule has 1 rings (SSSR count). The molecule has 0 aromatic rings. The average Bonchev–Trinajstić information content (AvgIpc) is 2.34. The highest BCUT2D eigenvalue weighted by Gasteiger charge is 2.27. The summed E-state index contributed by atoms with van der Waals surface area (Å²) in [7, 11) is 0. The fourth-order valence-electron chi connectivity index (χ4n) is 0.891. The van der Waals surface area contributed by atoms with Crippen LogP contribution in [0.4, 0.5) is 0 Å². The molecule has 1 fully saturated rings. The van der Waals surface area contributed by atoms with E-state index in [0.29, 0.717) is 13.0 Å². The predicted molar refractivity (Wildman–Crippen MR) is 37.3 cm³/mol. The minimum absolute atomic E-state index is 0. The molecular weight excluding hydrogens is 158 g/mol. The van der Waals surface area contributed by atoms with Gasteiger partial charge in [-0.3, -0.25) is 4.79 Å². The van der Waals surface area contributed by atoms with Crippen LogP contribution in [-0.4, -0.2) is 36.3 Å². The highest BCUT2D eigenvalue weighted by Crippen LogP contribution is 2.05. The topological polar surface area (TPSA) is 69.6 Å². The molecule has 1 aliphatic heterocycles. The van der Waals surface area contributed by atoms with E-state index in [4.69, 9.17) is 6.54 Å². The molecular formula is C5H10ClNO3. The molecule has 0 radical (unpaired) electrons. The minimum Gasteiger partial charge on any atom is -0.480 e. The minimum atomic E-state index is -0.875. The number of aliphatic carboxylic acids is 1. The van der Waals surface area contributed by atoms with Crippen LogP contribution in [0.1, 0.15) is 6.42 Å².